The molecule has 144 valence electrons. The summed E-state index contributed by atoms with van der Waals surface area (Å²) in [6.07, 6.45) is -2.62. The van der Waals surface area contributed by atoms with Crippen molar-refractivity contribution in [3.05, 3.63) is 63.0 Å². The van der Waals surface area contributed by atoms with Gasteiger partial charge in [0.1, 0.15) is 11.4 Å². The molecule has 1 aliphatic carbocycles. The zero-order valence-corrected chi connectivity index (χ0v) is 15.0. The molecule has 0 aliphatic heterocycles. The zero-order chi connectivity index (χ0) is 20.8. The summed E-state index contributed by atoms with van der Waals surface area (Å²) >= 11 is 10.0. The monoisotopic (exact) mass is 428 g/mol. The summed E-state index contributed by atoms with van der Waals surface area (Å²) in [6, 6.07) is 0.180. The Morgan fingerprint density at radius 2 is 1.48 bits per heavy atom. The third-order valence-corrected chi connectivity index (χ3v) is 4.19. The average Bonchev–Trinajstić information content (AvgIpc) is 2.53. The number of rotatable bonds is 3. The van der Waals surface area contributed by atoms with E-state index in [9.17, 15) is 35.9 Å². The van der Waals surface area contributed by atoms with E-state index in [0.717, 1.165) is 0 Å². The Bertz CT molecular complexity index is 974. The predicted octanol–water partition coefficient (Wildman–Crippen LogP) is 5.84. The maximum absolute atomic E-state index is 14.7. The van der Waals surface area contributed by atoms with E-state index in [-0.39, 0.29) is 11.6 Å². The van der Waals surface area contributed by atoms with Gasteiger partial charge in [-0.05, 0) is 43.1 Å². The second-order valence-electron chi connectivity index (χ2n) is 5.65. The third-order valence-electron chi connectivity index (χ3n) is 3.80. The fourth-order valence-corrected chi connectivity index (χ4v) is 2.99. The largest absolute Gasteiger partial charge is 0.276 e. The van der Waals surface area contributed by atoms with Crippen molar-refractivity contribution < 1.29 is 35.9 Å². The van der Waals surface area contributed by atoms with Gasteiger partial charge < -0.3 is 0 Å². The Morgan fingerprint density at radius 3 is 1.93 bits per heavy atom. The fraction of sp³-hybridized carbons (Fsp3) is 0.176. The molecule has 0 spiro atoms. The number of carbonyl (C=O) groups is 2. The molecule has 2 rings (SSSR count). The van der Waals surface area contributed by atoms with Crippen molar-refractivity contribution in [2.75, 3.05) is 0 Å². The van der Waals surface area contributed by atoms with Crippen molar-refractivity contribution in [2.24, 2.45) is 0 Å². The van der Waals surface area contributed by atoms with Gasteiger partial charge in [0, 0.05) is 16.7 Å². The van der Waals surface area contributed by atoms with Gasteiger partial charge in [-0.3, -0.25) is 9.59 Å². The molecule has 0 aromatic heterocycles. The smallest absolute Gasteiger partial charge is 0.258 e. The molecule has 1 aromatic carbocycles. The van der Waals surface area contributed by atoms with Crippen molar-refractivity contribution >= 4 is 39.3 Å². The average molecular weight is 429 g/mol. The van der Waals surface area contributed by atoms with Gasteiger partial charge in [0.2, 0.25) is 0 Å². The second-order valence-corrected chi connectivity index (χ2v) is 6.34. The molecule has 10 heteroatoms. The number of carbonyl (C=O) groups excluding carboxylic acids is 2. The molecule has 0 saturated heterocycles. The normalized spacial score (nSPS) is 17.6. The van der Waals surface area contributed by atoms with E-state index in [2.05, 4.69) is 0 Å². The minimum absolute atomic E-state index is 0.0479. The standard InChI is InChI=1S/C17H8Cl2F6O2/c1-4(2)7-8(13(23)15(25)10(12(7)22)17(19)27)5-3-6(20)9(16(18)26)14(24)11(5)21/h3,12H,1-2H3. The summed E-state index contributed by atoms with van der Waals surface area (Å²) in [5.41, 5.74) is -5.93. The molecule has 27 heavy (non-hydrogen) atoms. The topological polar surface area (TPSA) is 34.1 Å². The minimum atomic E-state index is -2.62. The van der Waals surface area contributed by atoms with E-state index in [0.29, 0.717) is 0 Å². The Morgan fingerprint density at radius 1 is 0.926 bits per heavy atom. The molecule has 1 aliphatic rings. The summed E-state index contributed by atoms with van der Waals surface area (Å²) in [5, 5.41) is -3.30. The molecule has 0 heterocycles. The SMILES string of the molecule is CC(C)=C1C(c2cc(F)c(C(=O)Cl)c(F)c2F)=C(F)C(F)=C(C(=O)Cl)C1F. The molecule has 2 nitrogen and oxygen atoms in total. The molecule has 1 unspecified atom stereocenters. The van der Waals surface area contributed by atoms with Gasteiger partial charge in [-0.25, -0.2) is 26.3 Å². The number of hydrogen-bond donors (Lipinski definition) is 0. The summed E-state index contributed by atoms with van der Waals surface area (Å²) in [5.74, 6) is -9.65. The highest BCUT2D eigenvalue weighted by molar-refractivity contribution is 6.68. The van der Waals surface area contributed by atoms with Crippen LogP contribution in [0, 0.1) is 17.5 Å². The summed E-state index contributed by atoms with van der Waals surface area (Å²) in [6.45, 7) is 2.44. The van der Waals surface area contributed by atoms with Crippen LogP contribution in [0.1, 0.15) is 29.8 Å². The van der Waals surface area contributed by atoms with Crippen LogP contribution in [0.15, 0.2) is 34.4 Å². The number of alkyl halides is 1. The van der Waals surface area contributed by atoms with Crippen molar-refractivity contribution in [1.82, 2.24) is 0 Å². The number of allylic oxidation sites excluding steroid dienone is 6. The number of halogens is 8. The van der Waals surface area contributed by atoms with Crippen molar-refractivity contribution in [3.8, 4) is 0 Å². The lowest BCUT2D eigenvalue weighted by molar-refractivity contribution is -0.109. The van der Waals surface area contributed by atoms with Crippen LogP contribution in [0.3, 0.4) is 0 Å². The van der Waals surface area contributed by atoms with Crippen molar-refractivity contribution in [3.63, 3.8) is 0 Å². The van der Waals surface area contributed by atoms with Gasteiger partial charge >= 0.3 is 0 Å². The van der Waals surface area contributed by atoms with Crippen molar-refractivity contribution in [2.45, 2.75) is 20.0 Å². The Hall–Kier alpha value is -2.06. The van der Waals surface area contributed by atoms with Crippen LogP contribution < -0.4 is 0 Å². The third kappa shape index (κ3) is 3.43. The first-order valence-corrected chi connectivity index (χ1v) is 7.86. The van der Waals surface area contributed by atoms with Gasteiger partial charge in [-0.2, -0.15) is 0 Å². The van der Waals surface area contributed by atoms with Crippen LogP contribution in [-0.4, -0.2) is 16.7 Å². The van der Waals surface area contributed by atoms with Crippen LogP contribution in [0.4, 0.5) is 26.3 Å². The lowest BCUT2D eigenvalue weighted by atomic mass is 9.83. The Balaban J connectivity index is 2.97. The second kappa shape index (κ2) is 7.52. The van der Waals surface area contributed by atoms with Gasteiger partial charge in [-0.1, -0.05) is 5.57 Å². The summed E-state index contributed by atoms with van der Waals surface area (Å²) in [4.78, 5) is 22.3. The Kier molecular flexibility index (Phi) is 5.91. The summed E-state index contributed by atoms with van der Waals surface area (Å²) < 4.78 is 85.8. The van der Waals surface area contributed by atoms with E-state index in [1.807, 2.05) is 0 Å². The van der Waals surface area contributed by atoms with E-state index in [1.165, 1.54) is 13.8 Å². The van der Waals surface area contributed by atoms with Gasteiger partial charge in [0.25, 0.3) is 10.5 Å². The highest BCUT2D eigenvalue weighted by Crippen LogP contribution is 2.45. The number of hydrogen-bond acceptors (Lipinski definition) is 2. The van der Waals surface area contributed by atoms with E-state index < -0.39 is 73.6 Å². The molecule has 0 bridgehead atoms. The highest BCUT2D eigenvalue weighted by Gasteiger charge is 2.40. The molecular weight excluding hydrogens is 421 g/mol. The van der Waals surface area contributed by atoms with Gasteiger partial charge in [-0.15, -0.1) is 0 Å². The van der Waals surface area contributed by atoms with Gasteiger partial charge in [0.05, 0.1) is 5.57 Å². The molecule has 0 saturated carbocycles. The maximum Gasteiger partial charge on any atom is 0.258 e. The quantitative estimate of drug-likeness (QED) is 0.344. The van der Waals surface area contributed by atoms with Crippen LogP contribution in [0.25, 0.3) is 5.57 Å². The van der Waals surface area contributed by atoms with E-state index >= 15 is 0 Å². The molecule has 1 aromatic rings. The van der Waals surface area contributed by atoms with E-state index in [4.69, 9.17) is 23.2 Å². The first kappa shape index (κ1) is 21.2. The molecule has 0 fully saturated rings. The highest BCUT2D eigenvalue weighted by atomic mass is 35.5. The van der Waals surface area contributed by atoms with Crippen LogP contribution in [-0.2, 0) is 4.79 Å². The molecule has 0 amide bonds. The van der Waals surface area contributed by atoms with E-state index in [1.54, 1.807) is 0 Å². The van der Waals surface area contributed by atoms with Crippen LogP contribution in [0.5, 0.6) is 0 Å². The zero-order valence-electron chi connectivity index (χ0n) is 13.5. The minimum Gasteiger partial charge on any atom is -0.276 e. The molecule has 1 atom stereocenters. The van der Waals surface area contributed by atoms with Crippen LogP contribution >= 0.6 is 23.2 Å². The summed E-state index contributed by atoms with van der Waals surface area (Å²) in [7, 11) is 0. The lowest BCUT2D eigenvalue weighted by Crippen LogP contribution is -2.22. The maximum atomic E-state index is 14.7. The molecule has 0 radical (unpaired) electrons. The lowest BCUT2D eigenvalue weighted by Gasteiger charge is -2.25. The first-order valence-electron chi connectivity index (χ1n) is 7.10. The van der Waals surface area contributed by atoms with Crippen LogP contribution in [0.2, 0.25) is 0 Å². The predicted molar refractivity (Wildman–Crippen MR) is 86.8 cm³/mol. The molecular formula is C17H8Cl2F6O2. The number of benzene rings is 1. The first-order chi connectivity index (χ1) is 12.4. The Labute approximate surface area is 158 Å². The van der Waals surface area contributed by atoms with Gasteiger partial charge in [0.15, 0.2) is 29.5 Å². The molecule has 0 N–H and O–H groups in total. The van der Waals surface area contributed by atoms with Crippen molar-refractivity contribution in [1.29, 1.82) is 0 Å². The fourth-order valence-electron chi connectivity index (χ4n) is 2.64.